The predicted octanol–water partition coefficient (Wildman–Crippen LogP) is 5.81. The fourth-order valence-electron chi connectivity index (χ4n) is 2.57. The summed E-state index contributed by atoms with van der Waals surface area (Å²) in [7, 11) is 0. The molecule has 2 aromatic heterocycles. The van der Waals surface area contributed by atoms with E-state index in [1.165, 1.54) is 15.3 Å². The molecule has 0 spiro atoms. The fraction of sp³-hybridized carbons (Fsp3) is 0.250. The summed E-state index contributed by atoms with van der Waals surface area (Å²) in [6.07, 6.45) is 2.07. The standard InChI is InChI=1S/C20H22N2S3/c1-2-16-7-9-17(10-8-16)21-20(23)22(15-19-6-4-14-25-19)12-11-18-5-3-13-24-18/h3-10,13-14H,2,11-12,15H2,1H3,(H,21,23). The zero-order valence-corrected chi connectivity index (χ0v) is 16.7. The third-order valence-corrected chi connectivity index (χ3v) is 6.19. The molecular weight excluding hydrogens is 364 g/mol. The number of hydrogen-bond donors (Lipinski definition) is 1. The molecular formula is C20H22N2S3. The molecule has 0 atom stereocenters. The Morgan fingerprint density at radius 2 is 1.68 bits per heavy atom. The molecule has 3 aromatic rings. The Hall–Kier alpha value is -1.69. The SMILES string of the molecule is CCc1ccc(NC(=S)N(CCc2cccs2)Cc2cccs2)cc1. The summed E-state index contributed by atoms with van der Waals surface area (Å²) in [5.41, 5.74) is 2.39. The minimum atomic E-state index is 0.786. The van der Waals surface area contributed by atoms with Crippen LogP contribution in [-0.2, 0) is 19.4 Å². The summed E-state index contributed by atoms with van der Waals surface area (Å²) >= 11 is 9.29. The van der Waals surface area contributed by atoms with Crippen LogP contribution in [0.2, 0.25) is 0 Å². The number of nitrogens with one attached hydrogen (secondary N) is 1. The van der Waals surface area contributed by atoms with E-state index in [4.69, 9.17) is 12.2 Å². The van der Waals surface area contributed by atoms with Crippen LogP contribution in [0.15, 0.2) is 59.3 Å². The topological polar surface area (TPSA) is 15.3 Å². The summed E-state index contributed by atoms with van der Waals surface area (Å²) in [6.45, 7) is 3.93. The van der Waals surface area contributed by atoms with Crippen molar-refractivity contribution in [3.05, 3.63) is 74.6 Å². The highest BCUT2D eigenvalue weighted by molar-refractivity contribution is 7.80. The van der Waals surface area contributed by atoms with Crippen LogP contribution in [0.3, 0.4) is 0 Å². The summed E-state index contributed by atoms with van der Waals surface area (Å²) in [6, 6.07) is 17.1. The molecule has 0 saturated carbocycles. The number of benzene rings is 1. The third-order valence-electron chi connectivity index (χ3n) is 4.04. The second-order valence-electron chi connectivity index (χ2n) is 5.81. The van der Waals surface area contributed by atoms with Gasteiger partial charge in [-0.15, -0.1) is 22.7 Å². The van der Waals surface area contributed by atoms with E-state index in [2.05, 4.69) is 76.4 Å². The molecule has 0 radical (unpaired) electrons. The second kappa shape index (κ2) is 9.13. The van der Waals surface area contributed by atoms with Gasteiger partial charge in [-0.3, -0.25) is 0 Å². The van der Waals surface area contributed by atoms with Crippen LogP contribution in [0, 0.1) is 0 Å². The van der Waals surface area contributed by atoms with Crippen molar-refractivity contribution in [3.63, 3.8) is 0 Å². The van der Waals surface area contributed by atoms with Gasteiger partial charge in [-0.05, 0) is 65.6 Å². The average Bonchev–Trinajstić information content (AvgIpc) is 3.33. The second-order valence-corrected chi connectivity index (χ2v) is 8.26. The number of nitrogens with zero attached hydrogens (tertiary/aromatic N) is 1. The van der Waals surface area contributed by atoms with E-state index in [9.17, 15) is 0 Å². The van der Waals surface area contributed by atoms with Gasteiger partial charge in [-0.1, -0.05) is 31.2 Å². The van der Waals surface area contributed by atoms with Crippen molar-refractivity contribution < 1.29 is 0 Å². The van der Waals surface area contributed by atoms with Gasteiger partial charge in [-0.25, -0.2) is 0 Å². The lowest BCUT2D eigenvalue weighted by molar-refractivity contribution is 0.428. The molecule has 130 valence electrons. The van der Waals surface area contributed by atoms with Gasteiger partial charge in [0.15, 0.2) is 5.11 Å². The van der Waals surface area contributed by atoms with Crippen molar-refractivity contribution in [2.24, 2.45) is 0 Å². The lowest BCUT2D eigenvalue weighted by Gasteiger charge is -2.25. The molecule has 2 heterocycles. The molecule has 0 fully saturated rings. The third kappa shape index (κ3) is 5.39. The van der Waals surface area contributed by atoms with Gasteiger partial charge in [0.05, 0.1) is 6.54 Å². The largest absolute Gasteiger partial charge is 0.344 e. The molecule has 2 nitrogen and oxygen atoms in total. The molecule has 0 bridgehead atoms. The highest BCUT2D eigenvalue weighted by Crippen LogP contribution is 2.17. The number of thiocarbonyl (C=S) groups is 1. The van der Waals surface area contributed by atoms with Crippen LogP contribution >= 0.6 is 34.9 Å². The van der Waals surface area contributed by atoms with E-state index in [0.717, 1.165) is 36.7 Å². The van der Waals surface area contributed by atoms with Gasteiger partial charge in [0.1, 0.15) is 0 Å². The molecule has 0 aliphatic heterocycles. The molecule has 5 heteroatoms. The van der Waals surface area contributed by atoms with Crippen LogP contribution in [0.4, 0.5) is 5.69 Å². The zero-order valence-electron chi connectivity index (χ0n) is 14.3. The Labute approximate surface area is 163 Å². The minimum absolute atomic E-state index is 0.786. The molecule has 3 rings (SSSR count). The molecule has 0 amide bonds. The average molecular weight is 387 g/mol. The van der Waals surface area contributed by atoms with Crippen LogP contribution in [-0.4, -0.2) is 16.6 Å². The summed E-state index contributed by atoms with van der Waals surface area (Å²) in [5.74, 6) is 0. The van der Waals surface area contributed by atoms with Crippen LogP contribution in [0.1, 0.15) is 22.2 Å². The Kier molecular flexibility index (Phi) is 6.62. The summed E-state index contributed by atoms with van der Waals surface area (Å²) in [5, 5.41) is 8.44. The minimum Gasteiger partial charge on any atom is -0.344 e. The van der Waals surface area contributed by atoms with Gasteiger partial charge < -0.3 is 10.2 Å². The van der Waals surface area contributed by atoms with Gasteiger partial charge in [0.25, 0.3) is 0 Å². The van der Waals surface area contributed by atoms with Crippen LogP contribution in [0.25, 0.3) is 0 Å². The Balaban J connectivity index is 1.66. The number of hydrogen-bond acceptors (Lipinski definition) is 3. The van der Waals surface area contributed by atoms with Gasteiger partial charge in [0, 0.05) is 22.0 Å². The van der Waals surface area contributed by atoms with Crippen molar-refractivity contribution in [2.45, 2.75) is 26.3 Å². The van der Waals surface area contributed by atoms with E-state index in [0.29, 0.717) is 0 Å². The molecule has 0 aliphatic rings. The molecule has 1 aromatic carbocycles. The van der Waals surface area contributed by atoms with Crippen molar-refractivity contribution in [2.75, 3.05) is 11.9 Å². The first-order valence-corrected chi connectivity index (χ1v) is 10.6. The van der Waals surface area contributed by atoms with E-state index in [-0.39, 0.29) is 0 Å². The van der Waals surface area contributed by atoms with Crippen molar-refractivity contribution in [3.8, 4) is 0 Å². The lowest BCUT2D eigenvalue weighted by Crippen LogP contribution is -2.35. The number of thiophene rings is 2. The van der Waals surface area contributed by atoms with Gasteiger partial charge >= 0.3 is 0 Å². The molecule has 1 N–H and O–H groups in total. The van der Waals surface area contributed by atoms with Gasteiger partial charge in [-0.2, -0.15) is 0 Å². The maximum Gasteiger partial charge on any atom is 0.173 e. The first-order valence-electron chi connectivity index (χ1n) is 8.44. The van der Waals surface area contributed by atoms with E-state index in [1.807, 2.05) is 0 Å². The maximum atomic E-state index is 5.71. The first-order chi connectivity index (χ1) is 12.2. The first kappa shape index (κ1) is 18.1. The quantitative estimate of drug-likeness (QED) is 0.516. The highest BCUT2D eigenvalue weighted by Gasteiger charge is 2.12. The predicted molar refractivity (Wildman–Crippen MR) is 115 cm³/mol. The van der Waals surface area contributed by atoms with E-state index in [1.54, 1.807) is 22.7 Å². The number of anilines is 1. The summed E-state index contributed by atoms with van der Waals surface area (Å²) < 4.78 is 0. The zero-order chi connectivity index (χ0) is 17.5. The van der Waals surface area contributed by atoms with Crippen molar-refractivity contribution in [1.82, 2.24) is 4.90 Å². The monoisotopic (exact) mass is 386 g/mol. The normalized spacial score (nSPS) is 10.6. The van der Waals surface area contributed by atoms with E-state index < -0.39 is 0 Å². The lowest BCUT2D eigenvalue weighted by atomic mass is 10.1. The molecule has 0 saturated heterocycles. The van der Waals surface area contributed by atoms with Gasteiger partial charge in [0.2, 0.25) is 0 Å². The van der Waals surface area contributed by atoms with E-state index >= 15 is 0 Å². The number of rotatable bonds is 7. The smallest absolute Gasteiger partial charge is 0.173 e. The Morgan fingerprint density at radius 1 is 1.00 bits per heavy atom. The molecule has 0 aliphatic carbocycles. The van der Waals surface area contributed by atoms with Crippen molar-refractivity contribution in [1.29, 1.82) is 0 Å². The molecule has 25 heavy (non-hydrogen) atoms. The van der Waals surface area contributed by atoms with Crippen molar-refractivity contribution >= 4 is 45.7 Å². The molecule has 0 unspecified atom stereocenters. The Morgan fingerprint density at radius 3 is 2.28 bits per heavy atom. The summed E-state index contributed by atoms with van der Waals surface area (Å²) in [4.78, 5) is 4.98. The Bertz CT molecular complexity index is 762. The number of aryl methyl sites for hydroxylation is 1. The van der Waals surface area contributed by atoms with Crippen LogP contribution < -0.4 is 5.32 Å². The maximum absolute atomic E-state index is 5.71. The van der Waals surface area contributed by atoms with Crippen LogP contribution in [0.5, 0.6) is 0 Å². The highest BCUT2D eigenvalue weighted by atomic mass is 32.1. The fourth-order valence-corrected chi connectivity index (χ4v) is 4.26.